The number of aryl methyl sites for hydroxylation is 2. The minimum atomic E-state index is -0.336. The maximum atomic E-state index is 10.9. The van der Waals surface area contributed by atoms with Gasteiger partial charge in [-0.2, -0.15) is 0 Å². The lowest BCUT2D eigenvalue weighted by molar-refractivity contribution is -0.385. The molecule has 0 atom stereocenters. The predicted octanol–water partition coefficient (Wildman–Crippen LogP) is 2.36. The SMILES string of the molecule is Cc1cc2nc3n(c2cc1[N+](=O)[O-])CCS3. The molecule has 0 bridgehead atoms. The molecule has 0 saturated heterocycles. The molecule has 5 nitrogen and oxygen atoms in total. The molecule has 0 spiro atoms. The van der Waals surface area contributed by atoms with Crippen LogP contribution in [0.5, 0.6) is 0 Å². The quantitative estimate of drug-likeness (QED) is 0.562. The number of nitrogens with zero attached hydrogens (tertiary/aromatic N) is 3. The summed E-state index contributed by atoms with van der Waals surface area (Å²) in [5.41, 5.74) is 2.56. The first-order valence-corrected chi connectivity index (χ1v) is 5.93. The fourth-order valence-electron chi connectivity index (χ4n) is 1.99. The number of nitro groups is 1. The normalized spacial score (nSPS) is 14.3. The number of fused-ring (bicyclic) bond motifs is 3. The highest BCUT2D eigenvalue weighted by atomic mass is 32.2. The average molecular weight is 235 g/mol. The molecule has 0 N–H and O–H groups in total. The third kappa shape index (κ3) is 1.23. The van der Waals surface area contributed by atoms with Crippen LogP contribution in [0.3, 0.4) is 0 Å². The van der Waals surface area contributed by atoms with Gasteiger partial charge in [0.15, 0.2) is 5.16 Å². The van der Waals surface area contributed by atoms with Gasteiger partial charge in [-0.1, -0.05) is 11.8 Å². The van der Waals surface area contributed by atoms with Gasteiger partial charge in [0, 0.05) is 23.9 Å². The molecule has 16 heavy (non-hydrogen) atoms. The Morgan fingerprint density at radius 1 is 1.56 bits per heavy atom. The number of benzene rings is 1. The number of thioether (sulfide) groups is 1. The van der Waals surface area contributed by atoms with Crippen molar-refractivity contribution in [1.82, 2.24) is 9.55 Å². The first-order valence-electron chi connectivity index (χ1n) is 4.95. The first kappa shape index (κ1) is 9.65. The number of hydrogen-bond donors (Lipinski definition) is 0. The molecule has 2 heterocycles. The Morgan fingerprint density at radius 3 is 3.12 bits per heavy atom. The predicted molar refractivity (Wildman–Crippen MR) is 61.8 cm³/mol. The summed E-state index contributed by atoms with van der Waals surface area (Å²) in [5.74, 6) is 1.000. The van der Waals surface area contributed by atoms with Crippen LogP contribution >= 0.6 is 11.8 Å². The van der Waals surface area contributed by atoms with E-state index in [4.69, 9.17) is 0 Å². The fraction of sp³-hybridized carbons (Fsp3) is 0.300. The molecule has 0 fully saturated rings. The topological polar surface area (TPSA) is 61.0 Å². The molecular formula is C10H9N3O2S. The summed E-state index contributed by atoms with van der Waals surface area (Å²) in [4.78, 5) is 15.0. The van der Waals surface area contributed by atoms with Crippen molar-refractivity contribution in [2.75, 3.05) is 5.75 Å². The summed E-state index contributed by atoms with van der Waals surface area (Å²) in [5, 5.41) is 11.8. The molecule has 0 aliphatic carbocycles. The summed E-state index contributed by atoms with van der Waals surface area (Å²) in [7, 11) is 0. The molecular weight excluding hydrogens is 226 g/mol. The second-order valence-corrected chi connectivity index (χ2v) is 4.84. The number of hydrogen-bond acceptors (Lipinski definition) is 4. The average Bonchev–Trinajstić information content (AvgIpc) is 2.75. The van der Waals surface area contributed by atoms with E-state index in [0.29, 0.717) is 5.56 Å². The van der Waals surface area contributed by atoms with Crippen LogP contribution < -0.4 is 0 Å². The fourth-order valence-corrected chi connectivity index (χ4v) is 2.96. The molecule has 6 heteroatoms. The Morgan fingerprint density at radius 2 is 2.38 bits per heavy atom. The van der Waals surface area contributed by atoms with Crippen LogP contribution in [0.4, 0.5) is 5.69 Å². The number of imidazole rings is 1. The van der Waals surface area contributed by atoms with E-state index in [1.165, 1.54) is 0 Å². The summed E-state index contributed by atoms with van der Waals surface area (Å²) in [6, 6.07) is 3.42. The van der Waals surface area contributed by atoms with Crippen LogP contribution in [0.1, 0.15) is 5.56 Å². The Balaban J connectivity index is 2.33. The Bertz CT molecular complexity index is 606. The molecule has 3 rings (SSSR count). The molecule has 0 saturated carbocycles. The van der Waals surface area contributed by atoms with Crippen molar-refractivity contribution in [2.45, 2.75) is 18.6 Å². The maximum Gasteiger partial charge on any atom is 0.274 e. The van der Waals surface area contributed by atoms with Crippen LogP contribution in [0, 0.1) is 17.0 Å². The molecule has 82 valence electrons. The van der Waals surface area contributed by atoms with E-state index in [-0.39, 0.29) is 10.6 Å². The molecule has 1 aliphatic rings. The van der Waals surface area contributed by atoms with E-state index in [1.807, 2.05) is 4.57 Å². The van der Waals surface area contributed by atoms with Gasteiger partial charge in [-0.15, -0.1) is 0 Å². The highest BCUT2D eigenvalue weighted by molar-refractivity contribution is 7.99. The van der Waals surface area contributed by atoms with E-state index in [9.17, 15) is 10.1 Å². The molecule has 1 aromatic carbocycles. The highest BCUT2D eigenvalue weighted by Gasteiger charge is 2.20. The third-order valence-corrected chi connectivity index (χ3v) is 3.73. The third-order valence-electron chi connectivity index (χ3n) is 2.77. The number of nitro benzene ring substituents is 1. The van der Waals surface area contributed by atoms with Crippen molar-refractivity contribution in [3.8, 4) is 0 Å². The molecule has 1 aromatic heterocycles. The second kappa shape index (κ2) is 3.21. The van der Waals surface area contributed by atoms with Crippen LogP contribution in [0.2, 0.25) is 0 Å². The standard InChI is InChI=1S/C10H9N3O2S/c1-6-4-7-9(5-8(6)13(14)15)12-2-3-16-10(12)11-7/h4-5H,2-3H2,1H3. The highest BCUT2D eigenvalue weighted by Crippen LogP contribution is 2.32. The van der Waals surface area contributed by atoms with Gasteiger partial charge in [0.05, 0.1) is 16.0 Å². The van der Waals surface area contributed by atoms with Crippen LogP contribution in [-0.4, -0.2) is 20.2 Å². The smallest absolute Gasteiger partial charge is 0.274 e. The largest absolute Gasteiger partial charge is 0.318 e. The van der Waals surface area contributed by atoms with Crippen LogP contribution in [-0.2, 0) is 6.54 Å². The number of aromatic nitrogens is 2. The summed E-state index contributed by atoms with van der Waals surface area (Å²) in [6.07, 6.45) is 0. The van der Waals surface area contributed by atoms with Gasteiger partial charge < -0.3 is 4.57 Å². The van der Waals surface area contributed by atoms with Gasteiger partial charge in [0.25, 0.3) is 5.69 Å². The first-order chi connectivity index (χ1) is 7.66. The van der Waals surface area contributed by atoms with Gasteiger partial charge in [-0.25, -0.2) is 4.98 Å². The lowest BCUT2D eigenvalue weighted by Gasteiger charge is -1.99. The Kier molecular flexibility index (Phi) is 1.94. The van der Waals surface area contributed by atoms with Crippen molar-refractivity contribution in [3.63, 3.8) is 0 Å². The molecule has 1 aliphatic heterocycles. The zero-order chi connectivity index (χ0) is 11.3. The second-order valence-electron chi connectivity index (χ2n) is 3.78. The Hall–Kier alpha value is -1.56. The van der Waals surface area contributed by atoms with Gasteiger partial charge in [0.2, 0.25) is 0 Å². The molecule has 0 unspecified atom stereocenters. The lowest BCUT2D eigenvalue weighted by Crippen LogP contribution is -1.95. The maximum absolute atomic E-state index is 10.9. The minimum Gasteiger partial charge on any atom is -0.318 e. The van der Waals surface area contributed by atoms with Gasteiger partial charge in [-0.05, 0) is 13.0 Å². The van der Waals surface area contributed by atoms with Crippen LogP contribution in [0.15, 0.2) is 17.3 Å². The van der Waals surface area contributed by atoms with Crippen molar-refractivity contribution >= 4 is 28.5 Å². The summed E-state index contributed by atoms with van der Waals surface area (Å²) < 4.78 is 2.05. The van der Waals surface area contributed by atoms with Crippen LogP contribution in [0.25, 0.3) is 11.0 Å². The molecule has 2 aromatic rings. The number of rotatable bonds is 1. The van der Waals surface area contributed by atoms with E-state index >= 15 is 0 Å². The van der Waals surface area contributed by atoms with E-state index in [0.717, 1.165) is 28.5 Å². The van der Waals surface area contributed by atoms with Gasteiger partial charge in [-0.3, -0.25) is 10.1 Å². The van der Waals surface area contributed by atoms with E-state index in [1.54, 1.807) is 30.8 Å². The van der Waals surface area contributed by atoms with Gasteiger partial charge in [0.1, 0.15) is 0 Å². The molecule has 0 amide bonds. The molecule has 0 radical (unpaired) electrons. The van der Waals surface area contributed by atoms with Crippen molar-refractivity contribution in [3.05, 3.63) is 27.8 Å². The Labute approximate surface area is 95.6 Å². The monoisotopic (exact) mass is 235 g/mol. The lowest BCUT2D eigenvalue weighted by atomic mass is 10.2. The zero-order valence-electron chi connectivity index (χ0n) is 8.64. The van der Waals surface area contributed by atoms with Crippen molar-refractivity contribution < 1.29 is 4.92 Å². The van der Waals surface area contributed by atoms with E-state index < -0.39 is 0 Å². The van der Waals surface area contributed by atoms with Gasteiger partial charge >= 0.3 is 0 Å². The van der Waals surface area contributed by atoms with Crippen molar-refractivity contribution in [2.24, 2.45) is 0 Å². The summed E-state index contributed by atoms with van der Waals surface area (Å²) in [6.45, 7) is 2.63. The minimum absolute atomic E-state index is 0.173. The van der Waals surface area contributed by atoms with E-state index in [2.05, 4.69) is 4.98 Å². The summed E-state index contributed by atoms with van der Waals surface area (Å²) >= 11 is 1.70. The zero-order valence-corrected chi connectivity index (χ0v) is 9.45. The van der Waals surface area contributed by atoms with Crippen molar-refractivity contribution in [1.29, 1.82) is 0 Å².